The molecule has 10 heteroatoms. The first-order chi connectivity index (χ1) is 14.6. The van der Waals surface area contributed by atoms with Crippen molar-refractivity contribution in [2.75, 3.05) is 0 Å². The number of hydrogen-bond donors (Lipinski definition) is 1. The highest BCUT2D eigenvalue weighted by atomic mass is 32.2. The SMILES string of the molecule is Cc1nc(C(=O)NCc2nnc(SCc3ccncc3)n2-c2ccc(F)cc2)cs1. The van der Waals surface area contributed by atoms with Gasteiger partial charge in [-0.15, -0.1) is 21.5 Å². The lowest BCUT2D eigenvalue weighted by molar-refractivity contribution is 0.0945. The Balaban J connectivity index is 1.57. The summed E-state index contributed by atoms with van der Waals surface area (Å²) in [5, 5.41) is 14.5. The number of rotatable bonds is 7. The van der Waals surface area contributed by atoms with Crippen molar-refractivity contribution >= 4 is 29.0 Å². The monoisotopic (exact) mass is 440 g/mol. The van der Waals surface area contributed by atoms with E-state index in [2.05, 4.69) is 25.5 Å². The molecule has 0 atom stereocenters. The lowest BCUT2D eigenvalue weighted by Gasteiger charge is -2.11. The van der Waals surface area contributed by atoms with Gasteiger partial charge in [0.25, 0.3) is 5.91 Å². The Labute approximate surface area is 180 Å². The quantitative estimate of drug-likeness (QED) is 0.440. The van der Waals surface area contributed by atoms with E-state index < -0.39 is 0 Å². The number of pyridine rings is 1. The zero-order valence-corrected chi connectivity index (χ0v) is 17.6. The second-order valence-electron chi connectivity index (χ2n) is 6.29. The van der Waals surface area contributed by atoms with E-state index >= 15 is 0 Å². The molecule has 4 aromatic rings. The largest absolute Gasteiger partial charge is 0.343 e. The van der Waals surface area contributed by atoms with Crippen LogP contribution >= 0.6 is 23.1 Å². The third kappa shape index (κ3) is 4.71. The zero-order valence-electron chi connectivity index (χ0n) is 15.9. The number of hydrogen-bond acceptors (Lipinski definition) is 7. The van der Waals surface area contributed by atoms with E-state index in [4.69, 9.17) is 0 Å². The number of benzene rings is 1. The molecular weight excluding hydrogens is 423 g/mol. The summed E-state index contributed by atoms with van der Waals surface area (Å²) >= 11 is 2.91. The molecule has 30 heavy (non-hydrogen) atoms. The van der Waals surface area contributed by atoms with Crippen molar-refractivity contribution in [3.05, 3.63) is 82.1 Å². The number of amides is 1. The van der Waals surface area contributed by atoms with Crippen LogP contribution < -0.4 is 5.32 Å². The van der Waals surface area contributed by atoms with Gasteiger partial charge in [0, 0.05) is 29.2 Å². The van der Waals surface area contributed by atoms with E-state index in [1.807, 2.05) is 23.6 Å². The van der Waals surface area contributed by atoms with Gasteiger partial charge in [-0.2, -0.15) is 0 Å². The smallest absolute Gasteiger partial charge is 0.271 e. The second kappa shape index (κ2) is 9.14. The Morgan fingerprint density at radius 1 is 1.17 bits per heavy atom. The van der Waals surface area contributed by atoms with Crippen LogP contribution in [-0.2, 0) is 12.3 Å². The average Bonchev–Trinajstić information content (AvgIpc) is 3.38. The molecule has 0 saturated heterocycles. The lowest BCUT2D eigenvalue weighted by Crippen LogP contribution is -2.25. The Bertz CT molecular complexity index is 1140. The van der Waals surface area contributed by atoms with Gasteiger partial charge in [-0.05, 0) is 48.9 Å². The van der Waals surface area contributed by atoms with Gasteiger partial charge in [0.1, 0.15) is 11.5 Å². The molecule has 0 unspecified atom stereocenters. The van der Waals surface area contributed by atoms with Crippen molar-refractivity contribution in [3.8, 4) is 5.69 Å². The molecule has 0 aliphatic carbocycles. The summed E-state index contributed by atoms with van der Waals surface area (Å²) in [4.78, 5) is 20.6. The number of carbonyl (C=O) groups excluding carboxylic acids is 1. The van der Waals surface area contributed by atoms with Crippen molar-refractivity contribution in [2.24, 2.45) is 0 Å². The summed E-state index contributed by atoms with van der Waals surface area (Å²) in [6, 6.07) is 9.94. The van der Waals surface area contributed by atoms with Gasteiger partial charge >= 0.3 is 0 Å². The minimum atomic E-state index is -0.327. The molecule has 0 fully saturated rings. The van der Waals surface area contributed by atoms with Crippen molar-refractivity contribution in [1.82, 2.24) is 30.0 Å². The number of thioether (sulfide) groups is 1. The minimum Gasteiger partial charge on any atom is -0.343 e. The molecule has 0 bridgehead atoms. The van der Waals surface area contributed by atoms with Crippen molar-refractivity contribution in [2.45, 2.75) is 24.4 Å². The average molecular weight is 441 g/mol. The normalized spacial score (nSPS) is 10.9. The first-order valence-electron chi connectivity index (χ1n) is 9.02. The number of nitrogens with one attached hydrogen (secondary N) is 1. The molecule has 1 amide bonds. The maximum Gasteiger partial charge on any atom is 0.271 e. The summed E-state index contributed by atoms with van der Waals surface area (Å²) in [7, 11) is 0. The first-order valence-corrected chi connectivity index (χ1v) is 10.9. The second-order valence-corrected chi connectivity index (χ2v) is 8.29. The third-order valence-electron chi connectivity index (χ3n) is 4.16. The van der Waals surface area contributed by atoms with E-state index in [1.54, 1.807) is 29.9 Å². The number of halogens is 1. The molecule has 0 aliphatic heterocycles. The van der Waals surface area contributed by atoms with Gasteiger partial charge < -0.3 is 5.32 Å². The number of aryl methyl sites for hydroxylation is 1. The Kier molecular flexibility index (Phi) is 6.15. The van der Waals surface area contributed by atoms with Crippen LogP contribution in [0.15, 0.2) is 59.3 Å². The van der Waals surface area contributed by atoms with E-state index in [0.717, 1.165) is 10.6 Å². The van der Waals surface area contributed by atoms with Crippen LogP contribution in [0.1, 0.15) is 26.9 Å². The standard InChI is InChI=1S/C20H17FN6OS2/c1-13-24-17(12-29-13)19(28)23-10-18-25-26-20(30-11-14-6-8-22-9-7-14)27(18)16-4-2-15(21)3-5-16/h2-9,12H,10-11H2,1H3,(H,23,28). The summed E-state index contributed by atoms with van der Waals surface area (Å²) < 4.78 is 15.2. The van der Waals surface area contributed by atoms with Crippen LogP contribution in [0.2, 0.25) is 0 Å². The van der Waals surface area contributed by atoms with Crippen LogP contribution in [0.5, 0.6) is 0 Å². The van der Waals surface area contributed by atoms with Crippen LogP contribution in [0.25, 0.3) is 5.69 Å². The maximum atomic E-state index is 13.4. The fourth-order valence-electron chi connectivity index (χ4n) is 2.70. The molecule has 3 aromatic heterocycles. The minimum absolute atomic E-state index is 0.162. The predicted octanol–water partition coefficient (Wildman–Crippen LogP) is 3.79. The number of aromatic nitrogens is 5. The van der Waals surface area contributed by atoms with E-state index in [9.17, 15) is 9.18 Å². The topological polar surface area (TPSA) is 85.6 Å². The predicted molar refractivity (Wildman–Crippen MR) is 113 cm³/mol. The molecule has 152 valence electrons. The highest BCUT2D eigenvalue weighted by molar-refractivity contribution is 7.98. The summed E-state index contributed by atoms with van der Waals surface area (Å²) in [5.74, 6) is 0.608. The van der Waals surface area contributed by atoms with E-state index in [1.165, 1.54) is 35.2 Å². The molecule has 1 N–H and O–H groups in total. The summed E-state index contributed by atoms with van der Waals surface area (Å²) in [6.07, 6.45) is 3.48. The highest BCUT2D eigenvalue weighted by Crippen LogP contribution is 2.25. The van der Waals surface area contributed by atoms with Crippen molar-refractivity contribution in [3.63, 3.8) is 0 Å². The van der Waals surface area contributed by atoms with E-state index in [0.29, 0.717) is 28.1 Å². The van der Waals surface area contributed by atoms with Gasteiger partial charge in [-0.25, -0.2) is 9.37 Å². The molecule has 4 rings (SSSR count). The Morgan fingerprint density at radius 3 is 2.63 bits per heavy atom. The highest BCUT2D eigenvalue weighted by Gasteiger charge is 2.17. The van der Waals surface area contributed by atoms with Gasteiger partial charge in [0.05, 0.1) is 11.6 Å². The van der Waals surface area contributed by atoms with Gasteiger partial charge in [0.15, 0.2) is 11.0 Å². The fraction of sp³-hybridized carbons (Fsp3) is 0.150. The van der Waals surface area contributed by atoms with Crippen LogP contribution in [0.4, 0.5) is 4.39 Å². The molecule has 0 aliphatic rings. The van der Waals surface area contributed by atoms with Crippen LogP contribution in [0, 0.1) is 12.7 Å². The lowest BCUT2D eigenvalue weighted by atomic mass is 10.3. The Hall–Kier alpha value is -3.11. The fourth-order valence-corrected chi connectivity index (χ4v) is 4.22. The van der Waals surface area contributed by atoms with Gasteiger partial charge in [-0.1, -0.05) is 11.8 Å². The number of carbonyl (C=O) groups is 1. The van der Waals surface area contributed by atoms with Crippen LogP contribution in [0.3, 0.4) is 0 Å². The molecular formula is C20H17FN6OS2. The summed E-state index contributed by atoms with van der Waals surface area (Å²) in [6.45, 7) is 2.01. The molecule has 7 nitrogen and oxygen atoms in total. The van der Waals surface area contributed by atoms with Crippen molar-refractivity contribution < 1.29 is 9.18 Å². The van der Waals surface area contributed by atoms with Crippen molar-refractivity contribution in [1.29, 1.82) is 0 Å². The number of thiazole rings is 1. The third-order valence-corrected chi connectivity index (χ3v) is 5.93. The molecule has 0 spiro atoms. The van der Waals surface area contributed by atoms with Gasteiger partial charge in [0.2, 0.25) is 0 Å². The molecule has 0 radical (unpaired) electrons. The number of nitrogens with zero attached hydrogens (tertiary/aromatic N) is 5. The van der Waals surface area contributed by atoms with Crippen LogP contribution in [-0.4, -0.2) is 30.6 Å². The van der Waals surface area contributed by atoms with E-state index in [-0.39, 0.29) is 18.3 Å². The molecule has 0 saturated carbocycles. The first kappa shape index (κ1) is 20.2. The maximum absolute atomic E-state index is 13.4. The summed E-state index contributed by atoms with van der Waals surface area (Å²) in [5.41, 5.74) is 2.18. The molecule has 1 aromatic carbocycles. The van der Waals surface area contributed by atoms with Gasteiger partial charge in [-0.3, -0.25) is 14.3 Å². The zero-order chi connectivity index (χ0) is 20.9. The Morgan fingerprint density at radius 2 is 1.93 bits per heavy atom. The molecule has 3 heterocycles.